The maximum Gasteiger partial charge on any atom is 0.221 e. The highest BCUT2D eigenvalue weighted by atomic mass is 32.2. The summed E-state index contributed by atoms with van der Waals surface area (Å²) in [6, 6.07) is 13.2. The van der Waals surface area contributed by atoms with E-state index in [1.165, 1.54) is 11.8 Å². The molecule has 0 spiro atoms. The van der Waals surface area contributed by atoms with Gasteiger partial charge in [0.1, 0.15) is 11.8 Å². The maximum atomic E-state index is 12.6. The summed E-state index contributed by atoms with van der Waals surface area (Å²) in [4.78, 5) is 21.6. The first-order valence-electron chi connectivity index (χ1n) is 8.84. The molecule has 2 heterocycles. The van der Waals surface area contributed by atoms with E-state index < -0.39 is 0 Å². The Morgan fingerprint density at radius 1 is 1.11 bits per heavy atom. The van der Waals surface area contributed by atoms with Crippen molar-refractivity contribution in [1.82, 2.24) is 15.3 Å². The maximum absolute atomic E-state index is 12.6. The standard InChI is InChI=1S/C21H23N3O2S/c1-14-17(15(2)23-21(22-14)27-3)11-12-19(25)24-20(18-10-7-13-26-18)16-8-5-4-6-9-16/h4-10,13,20H,11-12H2,1-3H3,(H,24,25). The van der Waals surface area contributed by atoms with Crippen molar-refractivity contribution >= 4 is 17.7 Å². The average Bonchev–Trinajstić information content (AvgIpc) is 3.20. The van der Waals surface area contributed by atoms with Crippen molar-refractivity contribution in [3.8, 4) is 0 Å². The predicted molar refractivity (Wildman–Crippen MR) is 107 cm³/mol. The van der Waals surface area contributed by atoms with Crippen molar-refractivity contribution in [1.29, 1.82) is 0 Å². The number of hydrogen-bond acceptors (Lipinski definition) is 5. The van der Waals surface area contributed by atoms with Crippen LogP contribution in [0.2, 0.25) is 0 Å². The molecule has 0 aliphatic carbocycles. The summed E-state index contributed by atoms with van der Waals surface area (Å²) in [6.07, 6.45) is 4.56. The molecule has 140 valence electrons. The molecule has 0 radical (unpaired) electrons. The summed E-state index contributed by atoms with van der Waals surface area (Å²) in [5.41, 5.74) is 3.90. The van der Waals surface area contributed by atoms with Gasteiger partial charge < -0.3 is 9.73 Å². The molecule has 0 saturated heterocycles. The summed E-state index contributed by atoms with van der Waals surface area (Å²) >= 11 is 1.52. The van der Waals surface area contributed by atoms with Gasteiger partial charge in [-0.25, -0.2) is 9.97 Å². The minimum Gasteiger partial charge on any atom is -0.467 e. The number of carbonyl (C=O) groups is 1. The number of benzene rings is 1. The van der Waals surface area contributed by atoms with E-state index in [1.807, 2.05) is 62.6 Å². The van der Waals surface area contributed by atoms with Crippen LogP contribution in [0, 0.1) is 13.8 Å². The largest absolute Gasteiger partial charge is 0.467 e. The first kappa shape index (κ1) is 19.2. The van der Waals surface area contributed by atoms with Gasteiger partial charge in [0.25, 0.3) is 0 Å². The Morgan fingerprint density at radius 3 is 2.41 bits per heavy atom. The van der Waals surface area contributed by atoms with Gasteiger partial charge in [0.05, 0.1) is 6.26 Å². The van der Waals surface area contributed by atoms with Crippen LogP contribution in [0.25, 0.3) is 0 Å². The molecule has 0 saturated carbocycles. The fraction of sp³-hybridized carbons (Fsp3) is 0.286. The number of nitrogens with zero attached hydrogens (tertiary/aromatic N) is 2. The number of furan rings is 1. The summed E-state index contributed by atoms with van der Waals surface area (Å²) < 4.78 is 5.54. The number of carbonyl (C=O) groups excluding carboxylic acids is 1. The van der Waals surface area contributed by atoms with Crippen LogP contribution >= 0.6 is 11.8 Å². The molecule has 6 heteroatoms. The Kier molecular flexibility index (Phi) is 6.29. The van der Waals surface area contributed by atoms with E-state index in [0.29, 0.717) is 12.8 Å². The monoisotopic (exact) mass is 381 g/mol. The van der Waals surface area contributed by atoms with Gasteiger partial charge in [-0.2, -0.15) is 0 Å². The van der Waals surface area contributed by atoms with Crippen LogP contribution in [0.4, 0.5) is 0 Å². The molecule has 2 aromatic heterocycles. The second-order valence-corrected chi connectivity index (χ2v) is 7.06. The second-order valence-electron chi connectivity index (χ2n) is 6.29. The van der Waals surface area contributed by atoms with E-state index in [9.17, 15) is 4.79 Å². The number of rotatable bonds is 7. The van der Waals surface area contributed by atoms with Gasteiger partial charge in [0.15, 0.2) is 5.16 Å². The zero-order valence-corrected chi connectivity index (χ0v) is 16.5. The third-order valence-electron chi connectivity index (χ3n) is 4.45. The number of aryl methyl sites for hydroxylation is 2. The number of amides is 1. The number of hydrogen-bond donors (Lipinski definition) is 1. The van der Waals surface area contributed by atoms with E-state index >= 15 is 0 Å². The zero-order chi connectivity index (χ0) is 19.2. The van der Waals surface area contributed by atoms with Crippen molar-refractivity contribution in [3.05, 3.63) is 77.0 Å². The fourth-order valence-corrected chi connectivity index (χ4v) is 3.51. The first-order valence-corrected chi connectivity index (χ1v) is 10.1. The Bertz CT molecular complexity index is 872. The molecule has 27 heavy (non-hydrogen) atoms. The smallest absolute Gasteiger partial charge is 0.221 e. The second kappa shape index (κ2) is 8.86. The molecule has 1 N–H and O–H groups in total. The van der Waals surface area contributed by atoms with Crippen molar-refractivity contribution in [2.75, 3.05) is 6.26 Å². The summed E-state index contributed by atoms with van der Waals surface area (Å²) in [5.74, 6) is 0.683. The lowest BCUT2D eigenvalue weighted by atomic mass is 10.0. The minimum atomic E-state index is -0.300. The van der Waals surface area contributed by atoms with Crippen molar-refractivity contribution in [2.45, 2.75) is 37.9 Å². The molecule has 1 atom stereocenters. The molecule has 0 aliphatic heterocycles. The molecule has 3 rings (SSSR count). The van der Waals surface area contributed by atoms with Crippen LogP contribution in [-0.4, -0.2) is 22.1 Å². The van der Waals surface area contributed by atoms with Crippen molar-refractivity contribution in [2.24, 2.45) is 0 Å². The van der Waals surface area contributed by atoms with Crippen LogP contribution in [-0.2, 0) is 11.2 Å². The van der Waals surface area contributed by atoms with Gasteiger partial charge in [-0.15, -0.1) is 0 Å². The molecule has 0 bridgehead atoms. The molecular formula is C21H23N3O2S. The van der Waals surface area contributed by atoms with Gasteiger partial charge in [0, 0.05) is 17.8 Å². The molecule has 0 aliphatic rings. The summed E-state index contributed by atoms with van der Waals surface area (Å²) in [6.45, 7) is 3.94. The van der Waals surface area contributed by atoms with Gasteiger partial charge in [-0.3, -0.25) is 4.79 Å². The van der Waals surface area contributed by atoms with Crippen LogP contribution in [0.5, 0.6) is 0 Å². The Balaban J connectivity index is 1.71. The lowest BCUT2D eigenvalue weighted by molar-refractivity contribution is -0.121. The molecule has 5 nitrogen and oxygen atoms in total. The highest BCUT2D eigenvalue weighted by molar-refractivity contribution is 7.98. The SMILES string of the molecule is CSc1nc(C)c(CCC(=O)NC(c2ccccc2)c2ccco2)c(C)n1. The molecule has 1 aromatic carbocycles. The van der Waals surface area contributed by atoms with Crippen LogP contribution in [0.3, 0.4) is 0 Å². The molecule has 1 amide bonds. The van der Waals surface area contributed by atoms with Gasteiger partial charge in [0.2, 0.25) is 5.91 Å². The van der Waals surface area contributed by atoms with Gasteiger partial charge in [-0.05, 0) is 49.8 Å². The van der Waals surface area contributed by atoms with E-state index in [0.717, 1.165) is 33.4 Å². The summed E-state index contributed by atoms with van der Waals surface area (Å²) in [5, 5.41) is 3.85. The Morgan fingerprint density at radius 2 is 1.81 bits per heavy atom. The number of nitrogens with one attached hydrogen (secondary N) is 1. The molecule has 3 aromatic rings. The topological polar surface area (TPSA) is 68.0 Å². The first-order chi connectivity index (χ1) is 13.1. The Labute approximate surface area is 163 Å². The fourth-order valence-electron chi connectivity index (χ4n) is 3.05. The minimum absolute atomic E-state index is 0.0343. The zero-order valence-electron chi connectivity index (χ0n) is 15.7. The van der Waals surface area contributed by atoms with E-state index in [1.54, 1.807) is 6.26 Å². The molecular weight excluding hydrogens is 358 g/mol. The third kappa shape index (κ3) is 4.77. The third-order valence-corrected chi connectivity index (χ3v) is 5.00. The van der Waals surface area contributed by atoms with E-state index in [4.69, 9.17) is 4.42 Å². The predicted octanol–water partition coefficient (Wildman–Crippen LogP) is 4.25. The van der Waals surface area contributed by atoms with Crippen molar-refractivity contribution < 1.29 is 9.21 Å². The molecule has 1 unspecified atom stereocenters. The Hall–Kier alpha value is -2.60. The summed E-state index contributed by atoms with van der Waals surface area (Å²) in [7, 11) is 0. The quantitative estimate of drug-likeness (QED) is 0.489. The van der Waals surface area contributed by atoms with Gasteiger partial charge >= 0.3 is 0 Å². The highest BCUT2D eigenvalue weighted by Gasteiger charge is 2.19. The van der Waals surface area contributed by atoms with Crippen molar-refractivity contribution in [3.63, 3.8) is 0 Å². The average molecular weight is 382 g/mol. The van der Waals surface area contributed by atoms with Crippen LogP contribution in [0.15, 0.2) is 58.3 Å². The number of thioether (sulfide) groups is 1. The molecule has 0 fully saturated rings. The van der Waals surface area contributed by atoms with Crippen LogP contribution < -0.4 is 5.32 Å². The number of aromatic nitrogens is 2. The lowest BCUT2D eigenvalue weighted by Gasteiger charge is -2.17. The van der Waals surface area contributed by atoms with E-state index in [-0.39, 0.29) is 11.9 Å². The van der Waals surface area contributed by atoms with Gasteiger partial charge in [-0.1, -0.05) is 42.1 Å². The lowest BCUT2D eigenvalue weighted by Crippen LogP contribution is -2.29. The normalized spacial score (nSPS) is 12.0. The highest BCUT2D eigenvalue weighted by Crippen LogP contribution is 2.23. The van der Waals surface area contributed by atoms with E-state index in [2.05, 4.69) is 15.3 Å². The van der Waals surface area contributed by atoms with Crippen LogP contribution in [0.1, 0.15) is 40.7 Å².